The average Bonchev–Trinajstić information content (AvgIpc) is 3.11. The summed E-state index contributed by atoms with van der Waals surface area (Å²) < 4.78 is 22.2. The Balaban J connectivity index is 1.85. The van der Waals surface area contributed by atoms with Gasteiger partial charge in [0.15, 0.2) is 11.6 Å². The van der Waals surface area contributed by atoms with E-state index in [1.807, 2.05) is 13.8 Å². The van der Waals surface area contributed by atoms with E-state index in [-0.39, 0.29) is 11.6 Å². The van der Waals surface area contributed by atoms with Gasteiger partial charge in [0.1, 0.15) is 11.8 Å². The third-order valence-electron chi connectivity index (χ3n) is 4.50. The van der Waals surface area contributed by atoms with E-state index in [1.54, 1.807) is 42.8 Å². The molecule has 0 bridgehead atoms. The minimum absolute atomic E-state index is 0.0857. The molecule has 6 nitrogen and oxygen atoms in total. The molecule has 0 radical (unpaired) electrons. The van der Waals surface area contributed by atoms with Crippen molar-refractivity contribution in [2.75, 3.05) is 0 Å². The first kappa shape index (κ1) is 16.5. The molecule has 3 heterocycles. The fourth-order valence-electron chi connectivity index (χ4n) is 3.29. The topological polar surface area (TPSA) is 75.4 Å². The fourth-order valence-corrected chi connectivity index (χ4v) is 3.29. The Bertz CT molecular complexity index is 1140. The Hall–Kier alpha value is -2.93. The van der Waals surface area contributed by atoms with Crippen molar-refractivity contribution in [3.63, 3.8) is 0 Å². The van der Waals surface area contributed by atoms with Crippen molar-refractivity contribution < 1.29 is 14.2 Å². The van der Waals surface area contributed by atoms with Gasteiger partial charge in [-0.3, -0.25) is 0 Å². The smallest absolute Gasteiger partial charge is 0.247 e. The number of nitrogens with zero attached hydrogens (tertiary/aromatic N) is 3. The number of nitrogens with one attached hydrogen (secondary N) is 1. The van der Waals surface area contributed by atoms with Gasteiger partial charge in [-0.2, -0.15) is 10.1 Å². The first-order valence-electron chi connectivity index (χ1n) is 8.27. The molecule has 0 amide bonds. The number of aryl methyl sites for hydroxylation is 2. The summed E-state index contributed by atoms with van der Waals surface area (Å²) in [6.07, 6.45) is 3.07. The predicted molar refractivity (Wildman–Crippen MR) is 96.0 cm³/mol. The number of rotatable bonds is 3. The maximum absolute atomic E-state index is 14.8. The van der Waals surface area contributed by atoms with Crippen LogP contribution in [0.25, 0.3) is 16.4 Å². The summed E-state index contributed by atoms with van der Waals surface area (Å²) >= 11 is 0. The van der Waals surface area contributed by atoms with E-state index >= 15 is 0 Å². The summed E-state index contributed by atoms with van der Waals surface area (Å²) in [6.45, 7) is 7.12. The van der Waals surface area contributed by atoms with E-state index in [0.29, 0.717) is 22.0 Å². The number of fused-ring (bicyclic) bond motifs is 2. The maximum atomic E-state index is 14.8. The monoisotopic (exact) mass is 360 g/mol. The summed E-state index contributed by atoms with van der Waals surface area (Å²) in [5.41, 5.74) is 2.63. The zero-order valence-electron chi connectivity index (χ0n) is 15.0. The van der Waals surface area contributed by atoms with E-state index in [1.165, 1.54) is 6.33 Å². The quantitative estimate of drug-likeness (QED) is 0.542. The highest BCUT2D eigenvalue weighted by atomic mass is 19.1. The molecule has 0 atom stereocenters. The van der Waals surface area contributed by atoms with Gasteiger partial charge in [0.2, 0.25) is 5.88 Å². The second-order valence-electron chi connectivity index (χ2n) is 6.98. The Kier molecular flexibility index (Phi) is 3.52. The zero-order chi connectivity index (χ0) is 18.6. The van der Waals surface area contributed by atoms with Crippen molar-refractivity contribution in [1.82, 2.24) is 19.6 Å². The van der Waals surface area contributed by atoms with Crippen LogP contribution in [0.15, 0.2) is 30.7 Å². The molecular weight excluding hydrogens is 341 g/mol. The van der Waals surface area contributed by atoms with Crippen LogP contribution in [0.3, 0.4) is 0 Å². The Morgan fingerprint density at radius 1 is 1.27 bits per heavy atom. The number of hydrogen-bond donors (Lipinski definition) is 2. The molecule has 26 heavy (non-hydrogen) atoms. The highest BCUT2D eigenvalue weighted by Gasteiger charge is 2.24. The Morgan fingerprint density at radius 2 is 2.04 bits per heavy atom. The third-order valence-corrected chi connectivity index (χ3v) is 4.50. The molecule has 0 saturated heterocycles. The van der Waals surface area contributed by atoms with Gasteiger partial charge >= 0.3 is 0 Å². The van der Waals surface area contributed by atoms with Crippen molar-refractivity contribution in [3.8, 4) is 11.6 Å². The average molecular weight is 360 g/mol. The molecule has 0 aliphatic heterocycles. The van der Waals surface area contributed by atoms with Gasteiger partial charge in [-0.05, 0) is 51.5 Å². The van der Waals surface area contributed by atoms with E-state index in [9.17, 15) is 9.50 Å². The first-order valence-corrected chi connectivity index (χ1v) is 8.27. The Labute approximate surface area is 149 Å². The van der Waals surface area contributed by atoms with Gasteiger partial charge in [-0.15, -0.1) is 0 Å². The summed E-state index contributed by atoms with van der Waals surface area (Å²) in [5, 5.41) is 15.0. The van der Waals surface area contributed by atoms with Crippen LogP contribution >= 0.6 is 0 Å². The van der Waals surface area contributed by atoms with Crippen LogP contribution in [0.5, 0.6) is 11.6 Å². The van der Waals surface area contributed by atoms with Crippen molar-refractivity contribution in [2.24, 2.45) is 0 Å². The highest BCUT2D eigenvalue weighted by molar-refractivity contribution is 5.83. The van der Waals surface area contributed by atoms with Crippen molar-refractivity contribution in [2.45, 2.75) is 33.3 Å². The van der Waals surface area contributed by atoms with Gasteiger partial charge in [-0.1, -0.05) is 0 Å². The molecule has 0 spiro atoms. The zero-order valence-corrected chi connectivity index (χ0v) is 15.0. The lowest BCUT2D eigenvalue weighted by atomic mass is 10.2. The summed E-state index contributed by atoms with van der Waals surface area (Å²) in [6, 6.07) is 5.08. The summed E-state index contributed by atoms with van der Waals surface area (Å²) in [4.78, 5) is 7.27. The van der Waals surface area contributed by atoms with Crippen molar-refractivity contribution in [1.29, 1.82) is 0 Å². The van der Waals surface area contributed by atoms with Gasteiger partial charge < -0.3 is 14.8 Å². The number of halogens is 1. The van der Waals surface area contributed by atoms with Crippen LogP contribution in [-0.4, -0.2) is 24.7 Å². The lowest BCUT2D eigenvalue weighted by Crippen LogP contribution is -2.15. The van der Waals surface area contributed by atoms with E-state index in [2.05, 4.69) is 15.1 Å². The lowest BCUT2D eigenvalue weighted by molar-refractivity contribution is 0.0780. The minimum atomic E-state index is -1.04. The van der Waals surface area contributed by atoms with Crippen LogP contribution < -0.4 is 4.74 Å². The van der Waals surface area contributed by atoms with Gasteiger partial charge in [0.25, 0.3) is 0 Å². The largest absolute Gasteiger partial charge is 0.434 e. The summed E-state index contributed by atoms with van der Waals surface area (Å²) in [7, 11) is 0. The van der Waals surface area contributed by atoms with Crippen LogP contribution in [-0.2, 0) is 5.60 Å². The van der Waals surface area contributed by atoms with Gasteiger partial charge in [-0.25, -0.2) is 8.91 Å². The standard InChI is InChI=1S/C19H19FN4O2/c1-10-7-12-14(23-10)5-6-15(16(12)20)26-18-17-11(2)13(19(3,4)25)8-24(17)22-9-21-18/h5-9,23,25H,1-4H3/i2+1,11+1,13+1,19+1,21+1,24+1. The van der Waals surface area contributed by atoms with Crippen LogP contribution in [0.1, 0.15) is 30.7 Å². The van der Waals surface area contributed by atoms with Gasteiger partial charge in [0.05, 0.1) is 5.60 Å². The van der Waals surface area contributed by atoms with E-state index in [4.69, 9.17) is 4.74 Å². The molecule has 134 valence electrons. The van der Waals surface area contributed by atoms with E-state index in [0.717, 1.165) is 11.3 Å². The molecule has 0 unspecified atom stereocenters. The third kappa shape index (κ3) is 2.52. The van der Waals surface area contributed by atoms with Crippen LogP contribution in [0, 0.1) is 19.7 Å². The fraction of sp³-hybridized carbons (Fsp3) is 0.263. The normalized spacial score (nSPS) is 12.2. The molecule has 4 rings (SSSR count). The molecule has 0 aliphatic rings. The summed E-state index contributed by atoms with van der Waals surface area (Å²) in [5.74, 6) is -0.128. The second kappa shape index (κ2) is 5.54. The molecule has 1 aromatic carbocycles. The SMILES string of the molecule is Cc1cc2c(F)c(Oc3[15n]cn[15n]4c[13c]([13C](C)(C)O)[13c]([13CH3])c34)ccc2[nH]1. The van der Waals surface area contributed by atoms with Crippen LogP contribution in [0.4, 0.5) is 4.39 Å². The molecule has 3 aromatic heterocycles. The second-order valence-corrected chi connectivity index (χ2v) is 6.98. The maximum Gasteiger partial charge on any atom is 0.247 e. The molecular formula is C19H19FN4O2. The first-order chi connectivity index (χ1) is 12.3. The number of aromatic amines is 1. The van der Waals surface area contributed by atoms with Crippen LogP contribution in [0.2, 0.25) is 0 Å². The number of ether oxygens (including phenoxy) is 1. The van der Waals surface area contributed by atoms with Crippen molar-refractivity contribution in [3.05, 3.63) is 53.4 Å². The molecule has 0 aliphatic carbocycles. The molecule has 0 saturated carbocycles. The number of aromatic nitrogens is 4. The number of hydrogen-bond acceptors (Lipinski definition) is 4. The highest BCUT2D eigenvalue weighted by Crippen LogP contribution is 2.35. The molecule has 0 fully saturated rings. The number of benzene rings is 1. The molecule has 2 N–H and O–H groups in total. The number of aliphatic hydroxyl groups is 1. The Morgan fingerprint density at radius 3 is 2.77 bits per heavy atom. The van der Waals surface area contributed by atoms with Gasteiger partial charge in [0, 0.05) is 28.4 Å². The van der Waals surface area contributed by atoms with Crippen molar-refractivity contribution >= 4 is 16.4 Å². The molecule has 4 aromatic rings. The number of H-pyrrole nitrogens is 1. The van der Waals surface area contributed by atoms with E-state index < -0.39 is 11.4 Å². The predicted octanol–water partition coefficient (Wildman–Crippen LogP) is 3.99. The molecule has 7 heteroatoms. The lowest BCUT2D eigenvalue weighted by Gasteiger charge is -2.16. The minimum Gasteiger partial charge on any atom is -0.434 e.